The first-order valence-electron chi connectivity index (χ1n) is 11.9. The molecule has 2 rings (SSSR count). The topological polar surface area (TPSA) is 88.6 Å². The fourth-order valence-electron chi connectivity index (χ4n) is 3.65. The lowest BCUT2D eigenvalue weighted by Crippen LogP contribution is -2.52. The summed E-state index contributed by atoms with van der Waals surface area (Å²) < 4.78 is 0. The van der Waals surface area contributed by atoms with E-state index in [1.54, 1.807) is 18.3 Å². The number of aromatic nitrogens is 1. The first-order valence-corrected chi connectivity index (χ1v) is 11.9. The number of rotatable bonds is 14. The molecule has 0 aliphatic heterocycles. The second-order valence-corrected chi connectivity index (χ2v) is 9.58. The normalized spacial score (nSPS) is 13.1. The Kier molecular flexibility index (Phi) is 10.9. The number of Topliss-reactive ketones (excluding diaryl/α,β-unsaturated/α-hetero) is 1. The number of pyridine rings is 1. The largest absolute Gasteiger partial charge is 0.345 e. The van der Waals surface area contributed by atoms with Crippen molar-refractivity contribution in [1.29, 1.82) is 0 Å². The predicted molar refractivity (Wildman–Crippen MR) is 131 cm³/mol. The highest BCUT2D eigenvalue weighted by atomic mass is 16.7. The van der Waals surface area contributed by atoms with Crippen molar-refractivity contribution < 1.29 is 19.2 Å². The summed E-state index contributed by atoms with van der Waals surface area (Å²) in [5, 5.41) is 4.15. The maximum Gasteiger partial charge on any atom is 0.233 e. The van der Waals surface area contributed by atoms with Crippen molar-refractivity contribution in [3.63, 3.8) is 0 Å². The number of carbonyl (C=O) groups is 3. The molecular weight excluding hydrogens is 430 g/mol. The molecule has 0 radical (unpaired) electrons. The molecule has 0 aliphatic rings. The van der Waals surface area contributed by atoms with E-state index in [-0.39, 0.29) is 31.3 Å². The third-order valence-electron chi connectivity index (χ3n) is 5.59. The molecule has 0 unspecified atom stereocenters. The molecule has 184 valence electrons. The van der Waals surface area contributed by atoms with Crippen molar-refractivity contribution in [3.8, 4) is 0 Å². The summed E-state index contributed by atoms with van der Waals surface area (Å²) in [7, 11) is 0. The number of carbonyl (C=O) groups excluding carboxylic acids is 3. The summed E-state index contributed by atoms with van der Waals surface area (Å²) in [6.45, 7) is 8.18. The Morgan fingerprint density at radius 2 is 1.82 bits per heavy atom. The van der Waals surface area contributed by atoms with Gasteiger partial charge in [0.2, 0.25) is 12.3 Å². The molecular formula is C27H37N3O4. The highest BCUT2D eigenvalue weighted by Gasteiger charge is 2.34. The number of amides is 2. The molecule has 2 aromatic rings. The van der Waals surface area contributed by atoms with Crippen LogP contribution < -0.4 is 5.32 Å². The van der Waals surface area contributed by atoms with Gasteiger partial charge in [-0.25, -0.2) is 5.06 Å². The zero-order valence-electron chi connectivity index (χ0n) is 20.7. The predicted octanol–water partition coefficient (Wildman–Crippen LogP) is 4.12. The van der Waals surface area contributed by atoms with Gasteiger partial charge >= 0.3 is 0 Å². The number of hydroxylamine groups is 2. The Morgan fingerprint density at radius 3 is 2.41 bits per heavy atom. The zero-order valence-corrected chi connectivity index (χ0v) is 20.7. The Hall–Kier alpha value is -3.06. The maximum absolute atomic E-state index is 13.3. The summed E-state index contributed by atoms with van der Waals surface area (Å²) in [5.74, 6) is -0.840. The van der Waals surface area contributed by atoms with Crippen LogP contribution in [0.3, 0.4) is 0 Å². The Labute approximate surface area is 202 Å². The second kappa shape index (κ2) is 13.6. The molecule has 0 spiro atoms. The molecule has 7 heteroatoms. The van der Waals surface area contributed by atoms with E-state index in [1.807, 2.05) is 64.1 Å². The highest BCUT2D eigenvalue weighted by molar-refractivity contribution is 5.91. The minimum Gasteiger partial charge on any atom is -0.345 e. The van der Waals surface area contributed by atoms with Crippen LogP contribution >= 0.6 is 0 Å². The maximum atomic E-state index is 13.3. The van der Waals surface area contributed by atoms with Gasteiger partial charge in [0.05, 0.1) is 24.9 Å². The van der Waals surface area contributed by atoms with Crippen molar-refractivity contribution in [2.45, 2.75) is 66.0 Å². The molecule has 7 nitrogen and oxygen atoms in total. The minimum atomic E-state index is -0.680. The first kappa shape index (κ1) is 27.2. The number of nitrogens with zero attached hydrogens (tertiary/aromatic N) is 2. The number of nitrogens with one attached hydrogen (secondary N) is 1. The molecule has 1 heterocycles. The van der Waals surface area contributed by atoms with Crippen molar-refractivity contribution in [2.24, 2.45) is 11.3 Å². The van der Waals surface area contributed by atoms with Gasteiger partial charge in [-0.2, -0.15) is 0 Å². The number of ketones is 1. The van der Waals surface area contributed by atoms with E-state index >= 15 is 0 Å². The van der Waals surface area contributed by atoms with Crippen LogP contribution in [0.4, 0.5) is 0 Å². The van der Waals surface area contributed by atoms with E-state index in [0.717, 1.165) is 18.4 Å². The number of hydrogen-bond donors (Lipinski definition) is 1. The van der Waals surface area contributed by atoms with E-state index in [0.29, 0.717) is 18.5 Å². The van der Waals surface area contributed by atoms with Crippen molar-refractivity contribution in [1.82, 2.24) is 15.4 Å². The summed E-state index contributed by atoms with van der Waals surface area (Å²) in [6, 6.07) is 14.3. The van der Waals surface area contributed by atoms with Crippen molar-refractivity contribution >= 4 is 18.1 Å². The van der Waals surface area contributed by atoms with Crippen LogP contribution in [0.5, 0.6) is 0 Å². The fraction of sp³-hybridized carbons (Fsp3) is 0.481. The second-order valence-electron chi connectivity index (χ2n) is 9.58. The smallest absolute Gasteiger partial charge is 0.233 e. The Morgan fingerprint density at radius 1 is 1.12 bits per heavy atom. The minimum absolute atomic E-state index is 0.0960. The quantitative estimate of drug-likeness (QED) is 0.333. The van der Waals surface area contributed by atoms with Gasteiger partial charge in [-0.3, -0.25) is 24.2 Å². The monoisotopic (exact) mass is 467 g/mol. The Bertz CT molecular complexity index is 897. The zero-order chi connectivity index (χ0) is 25.0. The summed E-state index contributed by atoms with van der Waals surface area (Å²) >= 11 is 0. The lowest BCUT2D eigenvalue weighted by atomic mass is 9.82. The molecule has 34 heavy (non-hydrogen) atoms. The van der Waals surface area contributed by atoms with Crippen LogP contribution in [0, 0.1) is 11.3 Å². The molecule has 0 bridgehead atoms. The summed E-state index contributed by atoms with van der Waals surface area (Å²) in [6.07, 6.45) is 4.72. The van der Waals surface area contributed by atoms with Crippen LogP contribution in [-0.2, 0) is 32.2 Å². The molecule has 1 aromatic heterocycles. The van der Waals surface area contributed by atoms with E-state index in [4.69, 9.17) is 4.84 Å². The van der Waals surface area contributed by atoms with Crippen molar-refractivity contribution in [2.75, 3.05) is 6.54 Å². The van der Waals surface area contributed by atoms with Crippen LogP contribution in [0.25, 0.3) is 0 Å². The summed E-state index contributed by atoms with van der Waals surface area (Å²) in [5.41, 5.74) is 1.11. The summed E-state index contributed by atoms with van der Waals surface area (Å²) in [4.78, 5) is 48.0. The van der Waals surface area contributed by atoms with Gasteiger partial charge in [-0.1, -0.05) is 76.9 Å². The average molecular weight is 468 g/mol. The van der Waals surface area contributed by atoms with Gasteiger partial charge in [0.15, 0.2) is 5.78 Å². The van der Waals surface area contributed by atoms with Crippen LogP contribution in [-0.4, -0.2) is 40.7 Å². The van der Waals surface area contributed by atoms with Gasteiger partial charge in [0.1, 0.15) is 6.61 Å². The van der Waals surface area contributed by atoms with Crippen molar-refractivity contribution in [3.05, 3.63) is 66.0 Å². The SMILES string of the molecule is CCCC[C@H](CN(C=O)OCc1ccccc1)C(=O)N[C@H](C(=O)Cc1ccccn1)C(C)(C)C. The average Bonchev–Trinajstić information content (AvgIpc) is 2.82. The molecule has 1 N–H and O–H groups in total. The highest BCUT2D eigenvalue weighted by Crippen LogP contribution is 2.23. The van der Waals surface area contributed by atoms with E-state index < -0.39 is 17.4 Å². The fourth-order valence-corrected chi connectivity index (χ4v) is 3.65. The van der Waals surface area contributed by atoms with Gasteiger partial charge in [0.25, 0.3) is 0 Å². The standard InChI is InChI=1S/C27H37N3O4/c1-5-6-14-22(18-30(20-31)34-19-21-12-8-7-9-13-21)26(33)29-25(27(2,3)4)24(32)17-23-15-10-11-16-28-23/h7-13,15-16,20,22,25H,5-6,14,17-19H2,1-4H3,(H,29,33)/t22-,25-/m1/s1. The Balaban J connectivity index is 2.08. The molecule has 0 aliphatic carbocycles. The van der Waals surface area contributed by atoms with E-state index in [1.165, 1.54) is 5.06 Å². The van der Waals surface area contributed by atoms with Crippen LogP contribution in [0.2, 0.25) is 0 Å². The van der Waals surface area contributed by atoms with E-state index in [9.17, 15) is 14.4 Å². The van der Waals surface area contributed by atoms with Gasteiger partial charge in [0, 0.05) is 11.9 Å². The number of unbranched alkanes of at least 4 members (excludes halogenated alkanes) is 1. The molecule has 1 aromatic carbocycles. The molecule has 0 saturated carbocycles. The van der Waals surface area contributed by atoms with E-state index in [2.05, 4.69) is 10.3 Å². The van der Waals surface area contributed by atoms with Crippen LogP contribution in [0.15, 0.2) is 54.7 Å². The molecule has 0 saturated heterocycles. The first-order chi connectivity index (χ1) is 16.2. The number of benzene rings is 1. The lowest BCUT2D eigenvalue weighted by Gasteiger charge is -2.32. The van der Waals surface area contributed by atoms with Gasteiger partial charge in [-0.05, 0) is 29.5 Å². The lowest BCUT2D eigenvalue weighted by molar-refractivity contribution is -0.182. The van der Waals surface area contributed by atoms with Crippen LogP contribution in [0.1, 0.15) is 58.2 Å². The number of hydrogen-bond acceptors (Lipinski definition) is 5. The molecule has 0 fully saturated rings. The third-order valence-corrected chi connectivity index (χ3v) is 5.59. The third kappa shape index (κ3) is 9.06. The molecule has 2 atom stereocenters. The van der Waals surface area contributed by atoms with Gasteiger partial charge < -0.3 is 5.32 Å². The molecule has 2 amide bonds. The van der Waals surface area contributed by atoms with Gasteiger partial charge in [-0.15, -0.1) is 0 Å².